The fraction of sp³-hybridized carbons (Fsp3) is 0.375. The first-order valence-corrected chi connectivity index (χ1v) is 15.5. The van der Waals surface area contributed by atoms with Crippen molar-refractivity contribution in [2.45, 2.75) is 23.8 Å². The molecule has 5 rings (SSSR count). The number of piperidine rings is 1. The number of aromatic nitrogens is 2. The molecule has 14 heteroatoms. The number of pyridine rings is 1. The van der Waals surface area contributed by atoms with Crippen LogP contribution < -0.4 is 16.0 Å². The van der Waals surface area contributed by atoms with E-state index in [1.807, 2.05) is 16.4 Å². The molecule has 1 aromatic carbocycles. The van der Waals surface area contributed by atoms with Gasteiger partial charge in [0.2, 0.25) is 5.78 Å². The molecular weight excluding hydrogens is 555 g/mol. The van der Waals surface area contributed by atoms with Crippen LogP contribution in [-0.2, 0) is 21.8 Å². The number of nitrogens with one attached hydrogen (secondary N) is 1. The van der Waals surface area contributed by atoms with Crippen LogP contribution in [-0.4, -0.2) is 72.2 Å². The van der Waals surface area contributed by atoms with Crippen molar-refractivity contribution in [2.75, 3.05) is 53.6 Å². The highest BCUT2D eigenvalue weighted by Gasteiger charge is 2.27. The van der Waals surface area contributed by atoms with Gasteiger partial charge < -0.3 is 16.0 Å². The molecule has 0 aliphatic carbocycles. The lowest BCUT2D eigenvalue weighted by Gasteiger charge is -2.31. The molecule has 0 bridgehead atoms. The Kier molecular flexibility index (Phi) is 8.12. The zero-order valence-corrected chi connectivity index (χ0v) is 22.7. The first-order chi connectivity index (χ1) is 18.3. The van der Waals surface area contributed by atoms with Crippen LogP contribution in [0.3, 0.4) is 0 Å². The molecule has 2 aliphatic rings. The summed E-state index contributed by atoms with van der Waals surface area (Å²) >= 11 is 0.958. The summed E-state index contributed by atoms with van der Waals surface area (Å²) in [7, 11) is -2.11. The van der Waals surface area contributed by atoms with E-state index in [1.54, 1.807) is 6.20 Å². The molecule has 2 fully saturated rings. The van der Waals surface area contributed by atoms with Crippen molar-refractivity contribution < 1.29 is 22.0 Å². The number of carbonyl (C=O) groups is 1. The van der Waals surface area contributed by atoms with Gasteiger partial charge in [0.05, 0.1) is 10.5 Å². The van der Waals surface area contributed by atoms with Crippen LogP contribution in [0.4, 0.5) is 25.5 Å². The van der Waals surface area contributed by atoms with E-state index in [0.29, 0.717) is 60.6 Å². The molecule has 0 saturated carbocycles. The number of benzene rings is 1. The van der Waals surface area contributed by atoms with E-state index < -0.39 is 44.8 Å². The molecule has 1 unspecified atom stereocenters. The van der Waals surface area contributed by atoms with Crippen molar-refractivity contribution in [1.29, 1.82) is 0 Å². The van der Waals surface area contributed by atoms with Crippen molar-refractivity contribution in [3.8, 4) is 0 Å². The van der Waals surface area contributed by atoms with Crippen molar-refractivity contribution in [3.63, 3.8) is 0 Å². The Morgan fingerprint density at radius 3 is 2.42 bits per heavy atom. The molecule has 3 N–H and O–H groups in total. The highest BCUT2D eigenvalue weighted by molar-refractivity contribution is 7.85. The van der Waals surface area contributed by atoms with Gasteiger partial charge in [0.25, 0.3) is 0 Å². The molecule has 202 valence electrons. The van der Waals surface area contributed by atoms with Gasteiger partial charge in [-0.15, -0.1) is 0 Å². The number of ketones is 1. The Bertz CT molecular complexity index is 1350. The lowest BCUT2D eigenvalue weighted by molar-refractivity contribution is 0.103. The monoisotopic (exact) mass is 580 g/mol. The average molecular weight is 581 g/mol. The minimum atomic E-state index is -1.35. The standard InChI is InChI=1S/C24H26F2N6O3S3/c25-17-2-1-3-18(26)20(17)21(33)22-23(27)30-24(36-22)29-15-6-8-32(9-7-15)38(35)16-4-5-19(28-14-16)31-10-12-37(34)13-11-31/h1-5,14-15H,6-13,27H2,(H,29,30). The molecule has 0 amide bonds. The quantitative estimate of drug-likeness (QED) is 0.410. The summed E-state index contributed by atoms with van der Waals surface area (Å²) in [6, 6.07) is 6.92. The van der Waals surface area contributed by atoms with Crippen molar-refractivity contribution >= 4 is 55.7 Å². The van der Waals surface area contributed by atoms with Crippen LogP contribution in [0, 0.1) is 11.6 Å². The van der Waals surface area contributed by atoms with Gasteiger partial charge in [0, 0.05) is 60.7 Å². The van der Waals surface area contributed by atoms with Crippen LogP contribution >= 0.6 is 11.3 Å². The predicted molar refractivity (Wildman–Crippen MR) is 145 cm³/mol. The lowest BCUT2D eigenvalue weighted by atomic mass is 10.1. The molecule has 0 spiro atoms. The first kappa shape index (κ1) is 26.8. The maximum Gasteiger partial charge on any atom is 0.212 e. The van der Waals surface area contributed by atoms with E-state index in [4.69, 9.17) is 5.73 Å². The van der Waals surface area contributed by atoms with E-state index in [1.165, 1.54) is 6.07 Å². The summed E-state index contributed by atoms with van der Waals surface area (Å²) in [6.07, 6.45) is 2.98. The summed E-state index contributed by atoms with van der Waals surface area (Å²) in [5.41, 5.74) is 5.25. The van der Waals surface area contributed by atoms with Crippen molar-refractivity contribution in [1.82, 2.24) is 14.3 Å². The zero-order valence-electron chi connectivity index (χ0n) is 20.3. The lowest BCUT2D eigenvalue weighted by Crippen LogP contribution is -2.40. The summed E-state index contributed by atoms with van der Waals surface area (Å²) in [6.45, 7) is 2.53. The maximum atomic E-state index is 14.1. The smallest absolute Gasteiger partial charge is 0.212 e. The van der Waals surface area contributed by atoms with Gasteiger partial charge in [-0.1, -0.05) is 17.4 Å². The highest BCUT2D eigenvalue weighted by atomic mass is 32.2. The minimum Gasteiger partial charge on any atom is -0.382 e. The molecule has 2 aliphatic heterocycles. The van der Waals surface area contributed by atoms with E-state index >= 15 is 0 Å². The number of carbonyl (C=O) groups excluding carboxylic acids is 1. The third-order valence-electron chi connectivity index (χ3n) is 6.49. The van der Waals surface area contributed by atoms with Gasteiger partial charge in [-0.2, -0.15) is 0 Å². The molecule has 3 aromatic rings. The number of hydrogen-bond acceptors (Lipinski definition) is 9. The molecular formula is C24H26F2N6O3S3. The van der Waals surface area contributed by atoms with Crippen LogP contribution in [0.5, 0.6) is 0 Å². The van der Waals surface area contributed by atoms with Crippen molar-refractivity contribution in [2.24, 2.45) is 0 Å². The third kappa shape index (κ3) is 5.77. The first-order valence-electron chi connectivity index (χ1n) is 12.0. The molecule has 2 saturated heterocycles. The van der Waals surface area contributed by atoms with Gasteiger partial charge >= 0.3 is 0 Å². The van der Waals surface area contributed by atoms with Crippen LogP contribution in [0.25, 0.3) is 0 Å². The average Bonchev–Trinajstić information content (AvgIpc) is 3.29. The molecule has 9 nitrogen and oxygen atoms in total. The Balaban J connectivity index is 1.16. The van der Waals surface area contributed by atoms with E-state index in [9.17, 15) is 22.0 Å². The summed E-state index contributed by atoms with van der Waals surface area (Å²) in [4.78, 5) is 24.1. The summed E-state index contributed by atoms with van der Waals surface area (Å²) in [5.74, 6) is -0.773. The third-order valence-corrected chi connectivity index (χ3v) is 10.2. The molecule has 2 aromatic heterocycles. The van der Waals surface area contributed by atoms with Gasteiger partial charge in [0.15, 0.2) is 5.13 Å². The number of thiazole rings is 1. The second-order valence-corrected chi connectivity index (χ2v) is 13.1. The zero-order chi connectivity index (χ0) is 26.8. The van der Waals surface area contributed by atoms with Crippen LogP contribution in [0.2, 0.25) is 0 Å². The van der Waals surface area contributed by atoms with Crippen LogP contribution in [0.1, 0.15) is 28.1 Å². The number of nitrogens with zero attached hydrogens (tertiary/aromatic N) is 4. The maximum absolute atomic E-state index is 14.1. The summed E-state index contributed by atoms with van der Waals surface area (Å²) in [5, 5.41) is 3.64. The topological polar surface area (TPSA) is 122 Å². The van der Waals surface area contributed by atoms with Gasteiger partial charge in [-0.25, -0.2) is 27.3 Å². The Labute approximate surface area is 227 Å². The van der Waals surface area contributed by atoms with Crippen molar-refractivity contribution in [3.05, 3.63) is 58.6 Å². The number of anilines is 3. The second kappa shape index (κ2) is 11.5. The van der Waals surface area contributed by atoms with Crippen LogP contribution in [0.15, 0.2) is 41.4 Å². The number of hydrogen-bond donors (Lipinski definition) is 2. The number of rotatable bonds is 7. The SMILES string of the molecule is Nc1nc(NC2CCN(S(=O)c3ccc(N4CCS(=O)CC4)nc3)CC2)sc1C(=O)c1c(F)cccc1F. The van der Waals surface area contributed by atoms with E-state index in [-0.39, 0.29) is 16.7 Å². The van der Waals surface area contributed by atoms with E-state index in [2.05, 4.69) is 20.2 Å². The number of nitrogens with two attached hydrogens (primary N) is 1. The fourth-order valence-electron chi connectivity index (χ4n) is 4.40. The molecule has 1 atom stereocenters. The molecule has 0 radical (unpaired) electrons. The Morgan fingerprint density at radius 1 is 1.11 bits per heavy atom. The van der Waals surface area contributed by atoms with E-state index in [0.717, 1.165) is 29.3 Å². The largest absolute Gasteiger partial charge is 0.382 e. The minimum absolute atomic E-state index is 0.00658. The molecule has 38 heavy (non-hydrogen) atoms. The normalized spacial score (nSPS) is 18.4. The number of halogens is 2. The predicted octanol–water partition coefficient (Wildman–Crippen LogP) is 2.80. The van der Waals surface area contributed by atoms with Gasteiger partial charge in [0.1, 0.15) is 39.1 Å². The Hall–Kier alpha value is -2.81. The second-order valence-electron chi connectivity index (χ2n) is 8.94. The Morgan fingerprint density at radius 2 is 1.79 bits per heavy atom. The molecule has 4 heterocycles. The fourth-order valence-corrected chi connectivity index (χ4v) is 7.53. The highest BCUT2D eigenvalue weighted by Crippen LogP contribution is 2.31. The number of nitrogen functional groups attached to an aromatic ring is 1. The van der Waals surface area contributed by atoms with Gasteiger partial charge in [-0.05, 0) is 37.1 Å². The summed E-state index contributed by atoms with van der Waals surface area (Å²) < 4.78 is 54.7. The van der Waals surface area contributed by atoms with Gasteiger partial charge in [-0.3, -0.25) is 9.00 Å².